The molecule has 2 atom stereocenters. The molecule has 3 nitrogen and oxygen atoms in total. The van der Waals surface area contributed by atoms with E-state index in [1.165, 1.54) is 25.7 Å². The molecule has 1 saturated heterocycles. The number of carbonyl (C=O) groups is 1. The molecule has 1 amide bonds. The Bertz CT molecular complexity index is 224. The number of carbonyl (C=O) groups excluding carboxylic acids is 1. The highest BCUT2D eigenvalue weighted by molar-refractivity contribution is 5.79. The van der Waals surface area contributed by atoms with Crippen molar-refractivity contribution in [2.24, 2.45) is 17.6 Å². The van der Waals surface area contributed by atoms with Crippen LogP contribution in [0.1, 0.15) is 38.5 Å². The number of nitrogens with zero attached hydrogens (tertiary/aromatic N) is 1. The van der Waals surface area contributed by atoms with Gasteiger partial charge in [0.25, 0.3) is 0 Å². The van der Waals surface area contributed by atoms with Crippen LogP contribution >= 0.6 is 0 Å². The molecule has 1 aliphatic carbocycles. The third-order valence-corrected chi connectivity index (χ3v) is 3.95. The van der Waals surface area contributed by atoms with E-state index in [9.17, 15) is 4.79 Å². The van der Waals surface area contributed by atoms with Crippen LogP contribution < -0.4 is 5.73 Å². The van der Waals surface area contributed by atoms with Gasteiger partial charge in [-0.2, -0.15) is 0 Å². The fourth-order valence-electron chi connectivity index (χ4n) is 2.99. The number of amides is 1. The van der Waals surface area contributed by atoms with Gasteiger partial charge >= 0.3 is 0 Å². The Hall–Kier alpha value is -0.570. The van der Waals surface area contributed by atoms with Crippen LogP contribution in [-0.2, 0) is 4.79 Å². The van der Waals surface area contributed by atoms with E-state index in [0.717, 1.165) is 25.9 Å². The number of nitrogens with two attached hydrogens (primary N) is 1. The zero-order valence-electron chi connectivity index (χ0n) is 9.45. The molecule has 2 N–H and O–H groups in total. The predicted octanol–water partition coefficient (Wildman–Crippen LogP) is 1.37. The van der Waals surface area contributed by atoms with Gasteiger partial charge in [0, 0.05) is 19.0 Å². The van der Waals surface area contributed by atoms with E-state index in [4.69, 9.17) is 5.73 Å². The standard InChI is InChI=1S/C12H22N2O/c13-9-10-5-1-2-6-11(10)12(15)14-7-3-4-8-14/h10-11H,1-9,13H2. The maximum atomic E-state index is 12.2. The summed E-state index contributed by atoms with van der Waals surface area (Å²) >= 11 is 0. The van der Waals surface area contributed by atoms with E-state index in [1.807, 2.05) is 0 Å². The molecule has 86 valence electrons. The molecule has 0 bridgehead atoms. The van der Waals surface area contributed by atoms with Gasteiger partial charge < -0.3 is 10.6 Å². The highest BCUT2D eigenvalue weighted by atomic mass is 16.2. The molecule has 0 aromatic rings. The van der Waals surface area contributed by atoms with Gasteiger partial charge in [0.15, 0.2) is 0 Å². The zero-order valence-corrected chi connectivity index (χ0v) is 9.45. The second-order valence-corrected chi connectivity index (χ2v) is 4.92. The van der Waals surface area contributed by atoms with Gasteiger partial charge in [0.05, 0.1) is 0 Å². The Morgan fingerprint density at radius 2 is 1.80 bits per heavy atom. The summed E-state index contributed by atoms with van der Waals surface area (Å²) in [5.74, 6) is 1.08. The second-order valence-electron chi connectivity index (χ2n) is 4.92. The first-order valence-electron chi connectivity index (χ1n) is 6.32. The molecule has 2 unspecified atom stereocenters. The molecule has 0 radical (unpaired) electrons. The van der Waals surface area contributed by atoms with Gasteiger partial charge in [0.2, 0.25) is 5.91 Å². The van der Waals surface area contributed by atoms with Gasteiger partial charge in [-0.15, -0.1) is 0 Å². The summed E-state index contributed by atoms with van der Waals surface area (Å²) in [7, 11) is 0. The minimum absolute atomic E-state index is 0.238. The van der Waals surface area contributed by atoms with Crippen LogP contribution in [0.4, 0.5) is 0 Å². The first kappa shape index (κ1) is 10.9. The summed E-state index contributed by atoms with van der Waals surface area (Å²) in [6.45, 7) is 2.64. The van der Waals surface area contributed by atoms with Crippen molar-refractivity contribution in [3.05, 3.63) is 0 Å². The van der Waals surface area contributed by atoms with Crippen molar-refractivity contribution in [3.63, 3.8) is 0 Å². The van der Waals surface area contributed by atoms with Crippen molar-refractivity contribution in [2.45, 2.75) is 38.5 Å². The summed E-state index contributed by atoms with van der Waals surface area (Å²) < 4.78 is 0. The SMILES string of the molecule is NCC1CCCCC1C(=O)N1CCCC1. The maximum Gasteiger partial charge on any atom is 0.226 e. The first-order chi connectivity index (χ1) is 7.33. The third kappa shape index (κ3) is 2.33. The topological polar surface area (TPSA) is 46.3 Å². The zero-order chi connectivity index (χ0) is 10.7. The maximum absolute atomic E-state index is 12.2. The molecule has 0 aromatic carbocycles. The monoisotopic (exact) mass is 210 g/mol. The Balaban J connectivity index is 1.96. The molecule has 1 heterocycles. The average Bonchev–Trinajstić information content (AvgIpc) is 2.81. The van der Waals surface area contributed by atoms with Crippen LogP contribution in [0.5, 0.6) is 0 Å². The summed E-state index contributed by atoms with van der Waals surface area (Å²) in [6.07, 6.45) is 7.06. The molecule has 3 heteroatoms. The van der Waals surface area contributed by atoms with Crippen LogP contribution in [0.15, 0.2) is 0 Å². The van der Waals surface area contributed by atoms with Gasteiger partial charge in [-0.1, -0.05) is 12.8 Å². The molecular weight excluding hydrogens is 188 g/mol. The molecule has 1 saturated carbocycles. The Kier molecular flexibility index (Phi) is 3.62. The lowest BCUT2D eigenvalue weighted by atomic mass is 9.78. The molecular formula is C12H22N2O. The second kappa shape index (κ2) is 4.97. The third-order valence-electron chi connectivity index (χ3n) is 3.95. The average molecular weight is 210 g/mol. The summed E-state index contributed by atoms with van der Waals surface area (Å²) in [4.78, 5) is 14.3. The number of likely N-dealkylation sites (tertiary alicyclic amines) is 1. The van der Waals surface area contributed by atoms with Crippen LogP contribution in [0, 0.1) is 11.8 Å². The first-order valence-corrected chi connectivity index (χ1v) is 6.32. The van der Waals surface area contributed by atoms with Crippen molar-refractivity contribution in [3.8, 4) is 0 Å². The lowest BCUT2D eigenvalue weighted by molar-refractivity contribution is -0.137. The van der Waals surface area contributed by atoms with Crippen molar-refractivity contribution in [2.75, 3.05) is 19.6 Å². The Morgan fingerprint density at radius 3 is 2.47 bits per heavy atom. The number of rotatable bonds is 2. The molecule has 1 aliphatic heterocycles. The Labute approximate surface area is 92.0 Å². The summed E-state index contributed by atoms with van der Waals surface area (Å²) in [5, 5.41) is 0. The van der Waals surface area contributed by atoms with Gasteiger partial charge in [0.1, 0.15) is 0 Å². The quantitative estimate of drug-likeness (QED) is 0.748. The highest BCUT2D eigenvalue weighted by Gasteiger charge is 2.33. The van der Waals surface area contributed by atoms with Gasteiger partial charge in [-0.25, -0.2) is 0 Å². The number of hydrogen-bond donors (Lipinski definition) is 1. The molecule has 0 aromatic heterocycles. The van der Waals surface area contributed by atoms with Crippen LogP contribution in [0.25, 0.3) is 0 Å². The molecule has 2 fully saturated rings. The van der Waals surface area contributed by atoms with Crippen LogP contribution in [0.2, 0.25) is 0 Å². The van der Waals surface area contributed by atoms with E-state index in [0.29, 0.717) is 18.4 Å². The van der Waals surface area contributed by atoms with E-state index < -0.39 is 0 Å². The molecule has 2 aliphatic rings. The van der Waals surface area contributed by atoms with Crippen molar-refractivity contribution in [1.82, 2.24) is 4.90 Å². The smallest absolute Gasteiger partial charge is 0.226 e. The summed E-state index contributed by atoms with van der Waals surface area (Å²) in [5.41, 5.74) is 5.76. The van der Waals surface area contributed by atoms with E-state index >= 15 is 0 Å². The summed E-state index contributed by atoms with van der Waals surface area (Å²) in [6, 6.07) is 0. The largest absolute Gasteiger partial charge is 0.342 e. The molecule has 15 heavy (non-hydrogen) atoms. The lowest BCUT2D eigenvalue weighted by Gasteiger charge is -2.32. The van der Waals surface area contributed by atoms with Crippen LogP contribution in [0.3, 0.4) is 0 Å². The number of hydrogen-bond acceptors (Lipinski definition) is 2. The van der Waals surface area contributed by atoms with Crippen molar-refractivity contribution >= 4 is 5.91 Å². The Morgan fingerprint density at radius 1 is 1.13 bits per heavy atom. The highest BCUT2D eigenvalue weighted by Crippen LogP contribution is 2.31. The van der Waals surface area contributed by atoms with E-state index in [2.05, 4.69) is 4.90 Å². The van der Waals surface area contributed by atoms with Crippen molar-refractivity contribution in [1.29, 1.82) is 0 Å². The fourth-order valence-corrected chi connectivity index (χ4v) is 2.99. The van der Waals surface area contributed by atoms with E-state index in [-0.39, 0.29) is 5.92 Å². The van der Waals surface area contributed by atoms with Crippen molar-refractivity contribution < 1.29 is 4.79 Å². The van der Waals surface area contributed by atoms with Gasteiger partial charge in [-0.05, 0) is 38.1 Å². The van der Waals surface area contributed by atoms with Crippen LogP contribution in [-0.4, -0.2) is 30.4 Å². The fraction of sp³-hybridized carbons (Fsp3) is 0.917. The predicted molar refractivity (Wildman–Crippen MR) is 60.3 cm³/mol. The van der Waals surface area contributed by atoms with E-state index in [1.54, 1.807) is 0 Å². The van der Waals surface area contributed by atoms with Gasteiger partial charge in [-0.3, -0.25) is 4.79 Å². The minimum Gasteiger partial charge on any atom is -0.342 e. The molecule has 0 spiro atoms. The normalized spacial score (nSPS) is 31.9. The molecule has 2 rings (SSSR count). The minimum atomic E-state index is 0.238. The lowest BCUT2D eigenvalue weighted by Crippen LogP contribution is -2.40.